The number of thiocarbonyl (C=S) groups is 1. The van der Waals surface area contributed by atoms with Gasteiger partial charge in [0, 0.05) is 31.4 Å². The third kappa shape index (κ3) is 4.70. The molecule has 2 N–H and O–H groups in total. The molecule has 1 amide bonds. The minimum Gasteiger partial charge on any atom is -0.378 e. The van der Waals surface area contributed by atoms with Crippen LogP contribution in [0.1, 0.15) is 32.1 Å². The lowest BCUT2D eigenvalue weighted by Gasteiger charge is -2.21. The van der Waals surface area contributed by atoms with Crippen molar-refractivity contribution in [3.63, 3.8) is 0 Å². The smallest absolute Gasteiger partial charge is 0.229 e. The third-order valence-electron chi connectivity index (χ3n) is 3.85. The summed E-state index contributed by atoms with van der Waals surface area (Å²) in [5, 5.41) is 6.24. The van der Waals surface area contributed by atoms with Crippen LogP contribution in [0.25, 0.3) is 0 Å². The van der Waals surface area contributed by atoms with Crippen molar-refractivity contribution in [2.45, 2.75) is 32.1 Å². The number of carbonyl (C=O) groups is 1. The molecular weight excluding hydrogens is 282 g/mol. The number of nitrogens with one attached hydrogen (secondary N) is 2. The number of nitrogens with zero attached hydrogens (tertiary/aromatic N) is 1. The summed E-state index contributed by atoms with van der Waals surface area (Å²) in [5.41, 5.74) is 2.01. The predicted molar refractivity (Wildman–Crippen MR) is 91.7 cm³/mol. The van der Waals surface area contributed by atoms with Crippen molar-refractivity contribution >= 4 is 34.6 Å². The van der Waals surface area contributed by atoms with Crippen LogP contribution >= 0.6 is 12.2 Å². The fraction of sp³-hybridized carbons (Fsp3) is 0.500. The first-order valence-corrected chi connectivity index (χ1v) is 7.86. The Bertz CT molecular complexity index is 493. The van der Waals surface area contributed by atoms with E-state index in [9.17, 15) is 4.79 Å². The van der Waals surface area contributed by atoms with E-state index in [1.54, 1.807) is 0 Å². The summed E-state index contributed by atoms with van der Waals surface area (Å²) in [7, 11) is 3.99. The Labute approximate surface area is 131 Å². The monoisotopic (exact) mass is 305 g/mol. The Morgan fingerprint density at radius 1 is 1.14 bits per heavy atom. The molecule has 1 aromatic rings. The molecule has 1 aliphatic carbocycles. The van der Waals surface area contributed by atoms with Gasteiger partial charge in [-0.05, 0) is 49.3 Å². The highest BCUT2D eigenvalue weighted by Crippen LogP contribution is 2.23. The van der Waals surface area contributed by atoms with E-state index in [0.717, 1.165) is 37.1 Å². The van der Waals surface area contributed by atoms with E-state index >= 15 is 0 Å². The lowest BCUT2D eigenvalue weighted by atomic mass is 9.89. The molecule has 114 valence electrons. The summed E-state index contributed by atoms with van der Waals surface area (Å²) in [6.45, 7) is 0. The SMILES string of the molecule is CN(C)c1ccc(NC(=S)NC(=O)C2CCCCC2)cc1. The standard InChI is InChI=1S/C16H23N3OS/c1-19(2)14-10-8-13(9-11-14)17-16(21)18-15(20)12-6-4-3-5-7-12/h8-12H,3-7H2,1-2H3,(H2,17,18,20,21). The van der Waals surface area contributed by atoms with Crippen molar-refractivity contribution in [3.8, 4) is 0 Å². The summed E-state index contributed by atoms with van der Waals surface area (Å²) >= 11 is 5.21. The largest absolute Gasteiger partial charge is 0.378 e. The van der Waals surface area contributed by atoms with Gasteiger partial charge in [0.2, 0.25) is 5.91 Å². The molecule has 1 aromatic carbocycles. The molecule has 0 saturated heterocycles. The number of hydrogen-bond acceptors (Lipinski definition) is 3. The number of amides is 1. The second-order valence-corrected chi connectivity index (χ2v) is 6.13. The third-order valence-corrected chi connectivity index (χ3v) is 4.06. The van der Waals surface area contributed by atoms with Gasteiger partial charge < -0.3 is 15.5 Å². The Morgan fingerprint density at radius 3 is 2.33 bits per heavy atom. The van der Waals surface area contributed by atoms with Crippen molar-refractivity contribution in [1.29, 1.82) is 0 Å². The molecule has 1 fully saturated rings. The van der Waals surface area contributed by atoms with Gasteiger partial charge in [-0.1, -0.05) is 19.3 Å². The Kier molecular flexibility index (Phi) is 5.56. The maximum Gasteiger partial charge on any atom is 0.229 e. The number of benzene rings is 1. The van der Waals surface area contributed by atoms with Crippen LogP contribution in [0.3, 0.4) is 0 Å². The molecule has 0 atom stereocenters. The van der Waals surface area contributed by atoms with Crippen molar-refractivity contribution in [3.05, 3.63) is 24.3 Å². The number of hydrogen-bond donors (Lipinski definition) is 2. The average molecular weight is 305 g/mol. The van der Waals surface area contributed by atoms with Crippen LogP contribution in [-0.2, 0) is 4.79 Å². The summed E-state index contributed by atoms with van der Waals surface area (Å²) in [6, 6.07) is 7.92. The second-order valence-electron chi connectivity index (χ2n) is 5.72. The van der Waals surface area contributed by atoms with E-state index in [2.05, 4.69) is 10.6 Å². The second kappa shape index (κ2) is 7.41. The summed E-state index contributed by atoms with van der Waals surface area (Å²) in [5.74, 6) is 0.173. The van der Waals surface area contributed by atoms with Gasteiger partial charge in [-0.15, -0.1) is 0 Å². The van der Waals surface area contributed by atoms with Gasteiger partial charge in [0.15, 0.2) is 5.11 Å². The molecule has 21 heavy (non-hydrogen) atoms. The van der Waals surface area contributed by atoms with Gasteiger partial charge in [-0.3, -0.25) is 4.79 Å². The van der Waals surface area contributed by atoms with E-state index in [4.69, 9.17) is 12.2 Å². The fourth-order valence-electron chi connectivity index (χ4n) is 2.58. The van der Waals surface area contributed by atoms with E-state index in [1.807, 2.05) is 43.3 Å². The van der Waals surface area contributed by atoms with Crippen molar-refractivity contribution in [2.75, 3.05) is 24.3 Å². The Balaban J connectivity index is 1.84. The lowest BCUT2D eigenvalue weighted by molar-refractivity contribution is -0.124. The highest BCUT2D eigenvalue weighted by molar-refractivity contribution is 7.80. The minimum absolute atomic E-state index is 0.0529. The fourth-order valence-corrected chi connectivity index (χ4v) is 2.80. The Hall–Kier alpha value is -1.62. The molecule has 0 heterocycles. The van der Waals surface area contributed by atoms with Crippen LogP contribution in [0, 0.1) is 5.92 Å². The summed E-state index contributed by atoms with van der Waals surface area (Å²) < 4.78 is 0. The topological polar surface area (TPSA) is 44.4 Å². The Morgan fingerprint density at radius 2 is 1.76 bits per heavy atom. The van der Waals surface area contributed by atoms with Crippen molar-refractivity contribution in [1.82, 2.24) is 5.32 Å². The number of rotatable bonds is 3. The minimum atomic E-state index is 0.0529. The maximum absolute atomic E-state index is 12.1. The molecule has 0 bridgehead atoms. The molecule has 0 aliphatic heterocycles. The van der Waals surface area contributed by atoms with Crippen LogP contribution in [-0.4, -0.2) is 25.1 Å². The number of carbonyl (C=O) groups excluding carboxylic acids is 1. The summed E-state index contributed by atoms with van der Waals surface area (Å²) in [6.07, 6.45) is 5.48. The molecule has 0 aromatic heterocycles. The van der Waals surface area contributed by atoms with E-state index in [-0.39, 0.29) is 11.8 Å². The van der Waals surface area contributed by atoms with Crippen molar-refractivity contribution in [2.24, 2.45) is 5.92 Å². The van der Waals surface area contributed by atoms with E-state index < -0.39 is 0 Å². The molecular formula is C16H23N3OS. The molecule has 2 rings (SSSR count). The van der Waals surface area contributed by atoms with Crippen LogP contribution in [0.15, 0.2) is 24.3 Å². The van der Waals surface area contributed by atoms with Crippen LogP contribution in [0.5, 0.6) is 0 Å². The zero-order valence-electron chi connectivity index (χ0n) is 12.7. The quantitative estimate of drug-likeness (QED) is 0.842. The highest BCUT2D eigenvalue weighted by atomic mass is 32.1. The normalized spacial score (nSPS) is 15.3. The van der Waals surface area contributed by atoms with Gasteiger partial charge in [0.05, 0.1) is 0 Å². The first kappa shape index (κ1) is 15.8. The lowest BCUT2D eigenvalue weighted by Crippen LogP contribution is -2.38. The summed E-state index contributed by atoms with van der Waals surface area (Å²) in [4.78, 5) is 14.1. The van der Waals surface area contributed by atoms with Gasteiger partial charge in [-0.25, -0.2) is 0 Å². The van der Waals surface area contributed by atoms with Crippen LogP contribution < -0.4 is 15.5 Å². The molecule has 1 saturated carbocycles. The molecule has 0 radical (unpaired) electrons. The van der Waals surface area contributed by atoms with Crippen LogP contribution in [0.2, 0.25) is 0 Å². The highest BCUT2D eigenvalue weighted by Gasteiger charge is 2.21. The van der Waals surface area contributed by atoms with Crippen molar-refractivity contribution < 1.29 is 4.79 Å². The average Bonchev–Trinajstić information content (AvgIpc) is 2.48. The van der Waals surface area contributed by atoms with Gasteiger partial charge in [0.1, 0.15) is 0 Å². The molecule has 4 nitrogen and oxygen atoms in total. The molecule has 0 unspecified atom stereocenters. The van der Waals surface area contributed by atoms with Gasteiger partial charge in [-0.2, -0.15) is 0 Å². The van der Waals surface area contributed by atoms with E-state index in [0.29, 0.717) is 5.11 Å². The first-order chi connectivity index (χ1) is 10.1. The molecule has 0 spiro atoms. The predicted octanol–water partition coefficient (Wildman–Crippen LogP) is 3.15. The van der Waals surface area contributed by atoms with Gasteiger partial charge in [0.25, 0.3) is 0 Å². The first-order valence-electron chi connectivity index (χ1n) is 7.45. The zero-order chi connectivity index (χ0) is 15.2. The maximum atomic E-state index is 12.1. The molecule has 1 aliphatic rings. The molecule has 5 heteroatoms. The van der Waals surface area contributed by atoms with E-state index in [1.165, 1.54) is 6.42 Å². The van der Waals surface area contributed by atoms with Crippen LogP contribution in [0.4, 0.5) is 11.4 Å². The number of anilines is 2. The van der Waals surface area contributed by atoms with Gasteiger partial charge >= 0.3 is 0 Å². The zero-order valence-corrected chi connectivity index (χ0v) is 13.5.